The fraction of sp³-hybridized carbons (Fsp3) is 0.643. The van der Waals surface area contributed by atoms with Crippen molar-refractivity contribution in [1.82, 2.24) is 14.9 Å². The van der Waals surface area contributed by atoms with E-state index in [1.807, 2.05) is 20.8 Å². The molecule has 6 heteroatoms. The van der Waals surface area contributed by atoms with Gasteiger partial charge in [-0.05, 0) is 33.8 Å². The number of carbonyl (C=O) groups excluding carboxylic acids is 1. The molecular weight excluding hydrogens is 258 g/mol. The van der Waals surface area contributed by atoms with E-state index in [2.05, 4.69) is 9.97 Å². The Balaban J connectivity index is 2.10. The first-order valence-corrected chi connectivity index (χ1v) is 6.82. The number of β-amino-alcohol motifs (C(OH)–C–C–N with tert-alkyl or cyclic N) is 1. The van der Waals surface area contributed by atoms with Gasteiger partial charge in [0, 0.05) is 18.8 Å². The number of aryl methyl sites for hydroxylation is 2. The highest BCUT2D eigenvalue weighted by molar-refractivity contribution is 5.92. The topological polar surface area (TPSA) is 75.6 Å². The fourth-order valence-corrected chi connectivity index (χ4v) is 2.39. The lowest BCUT2D eigenvalue weighted by Crippen LogP contribution is -2.31. The summed E-state index contributed by atoms with van der Waals surface area (Å²) in [5, 5.41) is 9.96. The molecule has 1 saturated heterocycles. The van der Waals surface area contributed by atoms with Gasteiger partial charge in [0.1, 0.15) is 17.6 Å². The molecule has 1 aromatic heterocycles. The number of nitrogens with zero attached hydrogens (tertiary/aromatic N) is 3. The Kier molecular flexibility index (Phi) is 4.35. The number of aromatic nitrogens is 2. The molecule has 0 radical (unpaired) electrons. The molecule has 0 aromatic carbocycles. The molecule has 0 spiro atoms. The molecule has 2 rings (SSSR count). The number of likely N-dealkylation sites (tertiary alicyclic amines) is 1. The molecule has 0 aliphatic carbocycles. The normalized spacial score (nSPS) is 22.6. The number of hydrogen-bond acceptors (Lipinski definition) is 5. The van der Waals surface area contributed by atoms with Crippen molar-refractivity contribution in [2.24, 2.45) is 0 Å². The number of carbonyl (C=O) groups is 1. The van der Waals surface area contributed by atoms with Crippen LogP contribution in [0.15, 0.2) is 6.07 Å². The van der Waals surface area contributed by atoms with Crippen LogP contribution in [0.2, 0.25) is 0 Å². The van der Waals surface area contributed by atoms with E-state index >= 15 is 0 Å². The lowest BCUT2D eigenvalue weighted by Gasteiger charge is -2.18. The third-order valence-corrected chi connectivity index (χ3v) is 3.16. The van der Waals surface area contributed by atoms with Crippen molar-refractivity contribution in [3.8, 4) is 0 Å². The van der Waals surface area contributed by atoms with E-state index < -0.39 is 6.10 Å². The van der Waals surface area contributed by atoms with Gasteiger partial charge in [-0.25, -0.2) is 9.97 Å². The van der Waals surface area contributed by atoms with Crippen molar-refractivity contribution in [2.45, 2.75) is 46.0 Å². The molecule has 0 saturated carbocycles. The number of amides is 1. The van der Waals surface area contributed by atoms with Gasteiger partial charge < -0.3 is 14.7 Å². The van der Waals surface area contributed by atoms with Gasteiger partial charge in [-0.15, -0.1) is 0 Å². The molecule has 1 fully saturated rings. The first-order chi connectivity index (χ1) is 9.36. The summed E-state index contributed by atoms with van der Waals surface area (Å²) in [6, 6.07) is 1.67. The Morgan fingerprint density at radius 2 is 2.10 bits per heavy atom. The summed E-state index contributed by atoms with van der Waals surface area (Å²) in [6.45, 7) is 8.07. The highest BCUT2D eigenvalue weighted by Crippen LogP contribution is 2.17. The fourth-order valence-electron chi connectivity index (χ4n) is 2.39. The molecule has 1 N–H and O–H groups in total. The maximum absolute atomic E-state index is 12.4. The molecule has 1 aliphatic rings. The van der Waals surface area contributed by atoms with Gasteiger partial charge in [0.2, 0.25) is 0 Å². The summed E-state index contributed by atoms with van der Waals surface area (Å²) < 4.78 is 5.61. The quantitative estimate of drug-likeness (QED) is 0.881. The molecular formula is C14H21N3O3. The largest absolute Gasteiger partial charge is 0.388 e. The van der Waals surface area contributed by atoms with Crippen molar-refractivity contribution in [3.63, 3.8) is 0 Å². The molecule has 110 valence electrons. The van der Waals surface area contributed by atoms with Crippen LogP contribution in [0.3, 0.4) is 0 Å². The van der Waals surface area contributed by atoms with E-state index in [0.29, 0.717) is 18.1 Å². The Bertz CT molecular complexity index is 484. The van der Waals surface area contributed by atoms with Crippen LogP contribution in [0, 0.1) is 13.8 Å². The summed E-state index contributed by atoms with van der Waals surface area (Å²) in [5.74, 6) is 0.385. The Labute approximate surface area is 118 Å². The number of ether oxygens (including phenoxy) is 1. The summed E-state index contributed by atoms with van der Waals surface area (Å²) in [6.07, 6.45) is -0.957. The Morgan fingerprint density at radius 3 is 2.70 bits per heavy atom. The van der Waals surface area contributed by atoms with E-state index in [1.54, 1.807) is 17.9 Å². The van der Waals surface area contributed by atoms with E-state index in [1.165, 1.54) is 0 Å². The van der Waals surface area contributed by atoms with Gasteiger partial charge in [0.05, 0.1) is 12.2 Å². The maximum atomic E-state index is 12.4. The standard InChI is InChI=1S/C14H21N3O3/c1-8(2)20-13-7-17(6-12(13)18)14(19)11-5-9(3)15-10(4)16-11/h5,8,12-13,18H,6-7H2,1-4H3/t12-,13-/m0/s1. The Morgan fingerprint density at radius 1 is 1.40 bits per heavy atom. The second-order valence-electron chi connectivity index (χ2n) is 5.44. The van der Waals surface area contributed by atoms with Crippen LogP contribution in [0.5, 0.6) is 0 Å². The monoisotopic (exact) mass is 279 g/mol. The smallest absolute Gasteiger partial charge is 0.272 e. The minimum absolute atomic E-state index is 0.0215. The zero-order chi connectivity index (χ0) is 14.9. The minimum atomic E-state index is -0.648. The van der Waals surface area contributed by atoms with Crippen LogP contribution < -0.4 is 0 Å². The maximum Gasteiger partial charge on any atom is 0.272 e. The second-order valence-corrected chi connectivity index (χ2v) is 5.44. The van der Waals surface area contributed by atoms with E-state index in [-0.39, 0.29) is 24.7 Å². The average Bonchev–Trinajstić information content (AvgIpc) is 2.68. The van der Waals surface area contributed by atoms with Crippen molar-refractivity contribution in [2.75, 3.05) is 13.1 Å². The van der Waals surface area contributed by atoms with E-state index in [4.69, 9.17) is 4.74 Å². The lowest BCUT2D eigenvalue weighted by atomic mass is 10.2. The molecule has 20 heavy (non-hydrogen) atoms. The van der Waals surface area contributed by atoms with E-state index in [0.717, 1.165) is 5.69 Å². The predicted octanol–water partition coefficient (Wildman–Crippen LogP) is 0.704. The van der Waals surface area contributed by atoms with Gasteiger partial charge in [0.15, 0.2) is 0 Å². The molecule has 1 aromatic rings. The SMILES string of the molecule is Cc1cc(C(=O)N2C[C@H](OC(C)C)[C@@H](O)C2)nc(C)n1. The first-order valence-electron chi connectivity index (χ1n) is 6.82. The zero-order valence-electron chi connectivity index (χ0n) is 12.3. The van der Waals surface area contributed by atoms with Gasteiger partial charge in [0.25, 0.3) is 5.91 Å². The number of aliphatic hydroxyl groups excluding tert-OH is 1. The van der Waals surface area contributed by atoms with Gasteiger partial charge in [-0.1, -0.05) is 0 Å². The molecule has 1 amide bonds. The van der Waals surface area contributed by atoms with Crippen LogP contribution in [0.4, 0.5) is 0 Å². The average molecular weight is 279 g/mol. The van der Waals surface area contributed by atoms with Crippen LogP contribution in [0.1, 0.15) is 35.9 Å². The molecule has 6 nitrogen and oxygen atoms in total. The lowest BCUT2D eigenvalue weighted by molar-refractivity contribution is -0.0394. The number of rotatable bonds is 3. The summed E-state index contributed by atoms with van der Waals surface area (Å²) >= 11 is 0. The van der Waals surface area contributed by atoms with Gasteiger partial charge in [-0.2, -0.15) is 0 Å². The van der Waals surface area contributed by atoms with Crippen molar-refractivity contribution in [3.05, 3.63) is 23.3 Å². The third kappa shape index (κ3) is 3.32. The highest BCUT2D eigenvalue weighted by atomic mass is 16.5. The summed E-state index contributed by atoms with van der Waals surface area (Å²) in [7, 11) is 0. The molecule has 0 bridgehead atoms. The summed E-state index contributed by atoms with van der Waals surface area (Å²) in [5.41, 5.74) is 1.13. The molecule has 0 unspecified atom stereocenters. The summed E-state index contributed by atoms with van der Waals surface area (Å²) in [4.78, 5) is 22.3. The van der Waals surface area contributed by atoms with E-state index in [9.17, 15) is 9.90 Å². The van der Waals surface area contributed by atoms with Crippen molar-refractivity contribution < 1.29 is 14.6 Å². The Hall–Kier alpha value is -1.53. The van der Waals surface area contributed by atoms with Crippen molar-refractivity contribution >= 4 is 5.91 Å². The zero-order valence-corrected chi connectivity index (χ0v) is 12.3. The minimum Gasteiger partial charge on any atom is -0.388 e. The first kappa shape index (κ1) is 14.9. The highest BCUT2D eigenvalue weighted by Gasteiger charge is 2.36. The molecule has 2 heterocycles. The van der Waals surface area contributed by atoms with Crippen molar-refractivity contribution in [1.29, 1.82) is 0 Å². The molecule has 2 atom stereocenters. The number of hydrogen-bond donors (Lipinski definition) is 1. The predicted molar refractivity (Wildman–Crippen MR) is 73.4 cm³/mol. The van der Waals surface area contributed by atoms with Crippen LogP contribution in [0.25, 0.3) is 0 Å². The van der Waals surface area contributed by atoms with Crippen LogP contribution >= 0.6 is 0 Å². The van der Waals surface area contributed by atoms with Gasteiger partial charge >= 0.3 is 0 Å². The third-order valence-electron chi connectivity index (χ3n) is 3.16. The van der Waals surface area contributed by atoms with Crippen LogP contribution in [-0.2, 0) is 4.74 Å². The second kappa shape index (κ2) is 5.85. The van der Waals surface area contributed by atoms with Crippen LogP contribution in [-0.4, -0.2) is 57.3 Å². The number of aliphatic hydroxyl groups is 1. The van der Waals surface area contributed by atoms with Gasteiger partial charge in [-0.3, -0.25) is 4.79 Å². The molecule has 1 aliphatic heterocycles.